The lowest BCUT2D eigenvalue weighted by atomic mass is 9.83. The lowest BCUT2D eigenvalue weighted by Crippen LogP contribution is -2.53. The SMILES string of the molecule is Cc1ccc(S(=O)(=O)OC[C@@H]2CCN(C(=O)O)C(C)(C)C2)cc1. The summed E-state index contributed by atoms with van der Waals surface area (Å²) in [5, 5.41) is 9.19. The number of benzene rings is 1. The average molecular weight is 341 g/mol. The zero-order valence-electron chi connectivity index (χ0n) is 13.7. The second-order valence-electron chi connectivity index (χ2n) is 6.66. The summed E-state index contributed by atoms with van der Waals surface area (Å²) in [5.74, 6) is 0.0147. The zero-order valence-corrected chi connectivity index (χ0v) is 14.5. The number of likely N-dealkylation sites (tertiary alicyclic amines) is 1. The maximum absolute atomic E-state index is 12.2. The van der Waals surface area contributed by atoms with Gasteiger partial charge in [-0.1, -0.05) is 17.7 Å². The molecule has 0 bridgehead atoms. The number of piperidine rings is 1. The van der Waals surface area contributed by atoms with E-state index in [-0.39, 0.29) is 17.4 Å². The summed E-state index contributed by atoms with van der Waals surface area (Å²) < 4.78 is 29.6. The van der Waals surface area contributed by atoms with E-state index in [0.717, 1.165) is 5.56 Å². The molecular formula is C16H23NO5S. The summed E-state index contributed by atoms with van der Waals surface area (Å²) in [6.45, 7) is 6.05. The van der Waals surface area contributed by atoms with Crippen molar-refractivity contribution in [1.29, 1.82) is 0 Å². The summed E-state index contributed by atoms with van der Waals surface area (Å²) in [4.78, 5) is 12.7. The van der Waals surface area contributed by atoms with Gasteiger partial charge in [0.1, 0.15) is 0 Å². The van der Waals surface area contributed by atoms with E-state index < -0.39 is 21.8 Å². The zero-order chi connectivity index (χ0) is 17.3. The van der Waals surface area contributed by atoms with E-state index in [1.807, 2.05) is 20.8 Å². The third kappa shape index (κ3) is 4.23. The van der Waals surface area contributed by atoms with E-state index in [1.165, 1.54) is 17.0 Å². The maximum atomic E-state index is 12.2. The highest BCUT2D eigenvalue weighted by atomic mass is 32.2. The van der Waals surface area contributed by atoms with Crippen LogP contribution in [0, 0.1) is 12.8 Å². The van der Waals surface area contributed by atoms with Gasteiger partial charge in [-0.2, -0.15) is 8.42 Å². The van der Waals surface area contributed by atoms with Crippen molar-refractivity contribution >= 4 is 16.2 Å². The first-order chi connectivity index (χ1) is 10.6. The Hall–Kier alpha value is -1.60. The number of rotatable bonds is 4. The minimum Gasteiger partial charge on any atom is -0.465 e. The molecular weight excluding hydrogens is 318 g/mol. The van der Waals surface area contributed by atoms with Crippen LogP contribution in [0.3, 0.4) is 0 Å². The summed E-state index contributed by atoms with van der Waals surface area (Å²) in [7, 11) is -3.77. The number of amides is 1. The molecule has 1 aromatic carbocycles. The predicted molar refractivity (Wildman–Crippen MR) is 85.9 cm³/mol. The van der Waals surface area contributed by atoms with Crippen molar-refractivity contribution in [2.45, 2.75) is 44.0 Å². The van der Waals surface area contributed by atoms with Crippen molar-refractivity contribution in [3.8, 4) is 0 Å². The molecule has 1 aliphatic rings. The molecule has 0 saturated carbocycles. The fourth-order valence-electron chi connectivity index (χ4n) is 2.99. The molecule has 2 rings (SSSR count). The normalized spacial score (nSPS) is 21.2. The molecule has 0 aromatic heterocycles. The van der Waals surface area contributed by atoms with Crippen molar-refractivity contribution in [2.24, 2.45) is 5.92 Å². The summed E-state index contributed by atoms with van der Waals surface area (Å²) >= 11 is 0. The van der Waals surface area contributed by atoms with Crippen LogP contribution in [0.1, 0.15) is 32.3 Å². The monoisotopic (exact) mass is 341 g/mol. The van der Waals surface area contributed by atoms with Crippen molar-refractivity contribution in [3.05, 3.63) is 29.8 Å². The van der Waals surface area contributed by atoms with Crippen LogP contribution in [-0.4, -0.2) is 43.2 Å². The van der Waals surface area contributed by atoms with E-state index in [9.17, 15) is 18.3 Å². The molecule has 1 N–H and O–H groups in total. The van der Waals surface area contributed by atoms with Gasteiger partial charge in [-0.3, -0.25) is 4.18 Å². The fraction of sp³-hybridized carbons (Fsp3) is 0.562. The molecule has 7 heteroatoms. The summed E-state index contributed by atoms with van der Waals surface area (Å²) in [6.07, 6.45) is 0.226. The smallest absolute Gasteiger partial charge is 0.407 e. The van der Waals surface area contributed by atoms with Crippen LogP contribution in [-0.2, 0) is 14.3 Å². The Morgan fingerprint density at radius 1 is 1.35 bits per heavy atom. The Kier molecular flexibility index (Phi) is 5.01. The average Bonchev–Trinajstić information content (AvgIpc) is 2.44. The standard InChI is InChI=1S/C16H23NO5S/c1-12-4-6-14(7-5-12)23(20,21)22-11-13-8-9-17(15(18)19)16(2,3)10-13/h4-7,13H,8-11H2,1-3H3,(H,18,19)/t13-/m1/s1. The highest BCUT2D eigenvalue weighted by Crippen LogP contribution is 2.32. The quantitative estimate of drug-likeness (QED) is 0.851. The number of hydrogen-bond acceptors (Lipinski definition) is 4. The third-order valence-electron chi connectivity index (χ3n) is 4.28. The van der Waals surface area contributed by atoms with Crippen LogP contribution < -0.4 is 0 Å². The summed E-state index contributed by atoms with van der Waals surface area (Å²) in [5.41, 5.74) is 0.456. The molecule has 0 aliphatic carbocycles. The molecule has 1 aliphatic heterocycles. The topological polar surface area (TPSA) is 83.9 Å². The van der Waals surface area contributed by atoms with Crippen molar-refractivity contribution in [1.82, 2.24) is 4.90 Å². The van der Waals surface area contributed by atoms with E-state index in [4.69, 9.17) is 4.18 Å². The number of nitrogens with zero attached hydrogens (tertiary/aromatic N) is 1. The van der Waals surface area contributed by atoms with Gasteiger partial charge in [-0.15, -0.1) is 0 Å². The van der Waals surface area contributed by atoms with Gasteiger partial charge in [0.05, 0.1) is 11.5 Å². The van der Waals surface area contributed by atoms with Gasteiger partial charge in [0.2, 0.25) is 0 Å². The maximum Gasteiger partial charge on any atom is 0.407 e. The Morgan fingerprint density at radius 3 is 2.48 bits per heavy atom. The molecule has 1 fully saturated rings. The Morgan fingerprint density at radius 2 is 1.96 bits per heavy atom. The van der Waals surface area contributed by atoms with Gasteiger partial charge in [0, 0.05) is 12.1 Å². The van der Waals surface area contributed by atoms with E-state index in [1.54, 1.807) is 12.1 Å². The number of carboxylic acid groups (broad SMARTS) is 1. The van der Waals surface area contributed by atoms with E-state index in [0.29, 0.717) is 19.4 Å². The third-order valence-corrected chi connectivity index (χ3v) is 5.58. The van der Waals surface area contributed by atoms with E-state index >= 15 is 0 Å². The van der Waals surface area contributed by atoms with Crippen molar-refractivity contribution in [3.63, 3.8) is 0 Å². The highest BCUT2D eigenvalue weighted by Gasteiger charge is 2.38. The largest absolute Gasteiger partial charge is 0.465 e. The molecule has 0 spiro atoms. The van der Waals surface area contributed by atoms with Crippen LogP contribution >= 0.6 is 0 Å². The molecule has 1 saturated heterocycles. The van der Waals surface area contributed by atoms with Gasteiger partial charge in [-0.05, 0) is 51.7 Å². The Labute approximate surface area is 137 Å². The molecule has 0 radical (unpaired) electrons. The summed E-state index contributed by atoms with van der Waals surface area (Å²) in [6, 6.07) is 6.51. The molecule has 1 amide bonds. The molecule has 1 atom stereocenters. The Bertz CT molecular complexity index is 666. The minimum absolute atomic E-state index is 0.0147. The van der Waals surface area contributed by atoms with Gasteiger partial charge in [0.15, 0.2) is 0 Å². The van der Waals surface area contributed by atoms with Crippen LogP contribution in [0.2, 0.25) is 0 Å². The molecule has 23 heavy (non-hydrogen) atoms. The lowest BCUT2D eigenvalue weighted by molar-refractivity contribution is 0.0360. The molecule has 128 valence electrons. The lowest BCUT2D eigenvalue weighted by Gasteiger charge is -2.43. The molecule has 0 unspecified atom stereocenters. The second kappa shape index (κ2) is 6.49. The van der Waals surface area contributed by atoms with Crippen molar-refractivity contribution in [2.75, 3.05) is 13.2 Å². The van der Waals surface area contributed by atoms with Crippen LogP contribution in [0.4, 0.5) is 4.79 Å². The van der Waals surface area contributed by atoms with Crippen LogP contribution in [0.25, 0.3) is 0 Å². The molecule has 1 aromatic rings. The second-order valence-corrected chi connectivity index (χ2v) is 8.27. The molecule has 6 nitrogen and oxygen atoms in total. The van der Waals surface area contributed by atoms with E-state index in [2.05, 4.69) is 0 Å². The van der Waals surface area contributed by atoms with Crippen molar-refractivity contribution < 1.29 is 22.5 Å². The van der Waals surface area contributed by atoms with Crippen LogP contribution in [0.15, 0.2) is 29.2 Å². The number of carbonyl (C=O) groups is 1. The van der Waals surface area contributed by atoms with Gasteiger partial charge in [-0.25, -0.2) is 4.79 Å². The van der Waals surface area contributed by atoms with Crippen LogP contribution in [0.5, 0.6) is 0 Å². The first kappa shape index (κ1) is 17.7. The number of hydrogen-bond donors (Lipinski definition) is 1. The fourth-order valence-corrected chi connectivity index (χ4v) is 3.97. The highest BCUT2D eigenvalue weighted by molar-refractivity contribution is 7.86. The Balaban J connectivity index is 1.99. The first-order valence-corrected chi connectivity index (χ1v) is 8.99. The first-order valence-electron chi connectivity index (χ1n) is 7.58. The minimum atomic E-state index is -3.77. The van der Waals surface area contributed by atoms with Gasteiger partial charge < -0.3 is 10.0 Å². The molecule has 1 heterocycles. The van der Waals surface area contributed by atoms with Gasteiger partial charge >= 0.3 is 6.09 Å². The predicted octanol–water partition coefficient (Wildman–Crippen LogP) is 2.87. The number of aryl methyl sites for hydroxylation is 1. The van der Waals surface area contributed by atoms with Gasteiger partial charge in [0.25, 0.3) is 10.1 Å².